The van der Waals surface area contributed by atoms with Gasteiger partial charge in [0.05, 0.1) is 13.5 Å². The molecule has 0 heterocycles. The van der Waals surface area contributed by atoms with Crippen LogP contribution in [-0.4, -0.2) is 26.2 Å². The van der Waals surface area contributed by atoms with Gasteiger partial charge in [-0.1, -0.05) is 29.8 Å². The zero-order chi connectivity index (χ0) is 20.5. The van der Waals surface area contributed by atoms with Gasteiger partial charge in [-0.3, -0.25) is 4.79 Å². The molecule has 150 valence electrons. The van der Waals surface area contributed by atoms with E-state index in [4.69, 9.17) is 9.47 Å². The Balaban J connectivity index is 1.40. The third kappa shape index (κ3) is 6.57. The molecule has 0 unspecified atom stereocenters. The molecular formula is C24H26N2O3. The minimum atomic E-state index is -0.0239. The van der Waals surface area contributed by atoms with Crippen molar-refractivity contribution in [3.8, 4) is 11.5 Å². The first kappa shape index (κ1) is 20.3. The second-order valence-electron chi connectivity index (χ2n) is 6.74. The van der Waals surface area contributed by atoms with E-state index in [1.54, 1.807) is 7.11 Å². The number of rotatable bonds is 9. The van der Waals surface area contributed by atoms with Crippen LogP contribution in [0.2, 0.25) is 0 Å². The fourth-order valence-electron chi connectivity index (χ4n) is 2.92. The third-order valence-corrected chi connectivity index (χ3v) is 4.38. The number of amides is 1. The predicted molar refractivity (Wildman–Crippen MR) is 117 cm³/mol. The Morgan fingerprint density at radius 2 is 1.59 bits per heavy atom. The maximum absolute atomic E-state index is 12.2. The highest BCUT2D eigenvalue weighted by Crippen LogP contribution is 2.17. The first-order valence-corrected chi connectivity index (χ1v) is 9.58. The van der Waals surface area contributed by atoms with E-state index in [9.17, 15) is 4.79 Å². The smallest absolute Gasteiger partial charge is 0.228 e. The molecular weight excluding hydrogens is 364 g/mol. The molecule has 0 saturated heterocycles. The summed E-state index contributed by atoms with van der Waals surface area (Å²) in [4.78, 5) is 12.2. The number of hydrogen-bond donors (Lipinski definition) is 2. The summed E-state index contributed by atoms with van der Waals surface area (Å²) in [5, 5.41) is 6.24. The fraction of sp³-hybridized carbons (Fsp3) is 0.208. The lowest BCUT2D eigenvalue weighted by molar-refractivity contribution is -0.115. The molecule has 5 nitrogen and oxygen atoms in total. The van der Waals surface area contributed by atoms with Crippen molar-refractivity contribution in [2.45, 2.75) is 13.3 Å². The van der Waals surface area contributed by atoms with E-state index >= 15 is 0 Å². The predicted octanol–water partition coefficient (Wildman–Crippen LogP) is 4.68. The van der Waals surface area contributed by atoms with E-state index in [0.29, 0.717) is 19.6 Å². The standard InChI is InChI=1S/C24H26N2O3/c1-18-4-3-5-19(16-18)17-24(27)26-21-8-6-20(7-9-21)25-14-15-29-23-12-10-22(28-2)11-13-23/h3-13,16,25H,14-15,17H2,1-2H3,(H,26,27). The number of benzene rings is 3. The summed E-state index contributed by atoms with van der Waals surface area (Å²) in [6, 6.07) is 23.1. The Morgan fingerprint density at radius 1 is 0.897 bits per heavy atom. The highest BCUT2D eigenvalue weighted by atomic mass is 16.5. The molecule has 2 N–H and O–H groups in total. The maximum atomic E-state index is 12.2. The molecule has 3 rings (SSSR count). The van der Waals surface area contributed by atoms with Crippen LogP contribution in [0.1, 0.15) is 11.1 Å². The molecule has 0 atom stereocenters. The molecule has 0 spiro atoms. The van der Waals surface area contributed by atoms with Crippen molar-refractivity contribution >= 4 is 17.3 Å². The number of hydrogen-bond acceptors (Lipinski definition) is 4. The van der Waals surface area contributed by atoms with Crippen LogP contribution in [0.5, 0.6) is 11.5 Å². The minimum absolute atomic E-state index is 0.0239. The second-order valence-corrected chi connectivity index (χ2v) is 6.74. The Morgan fingerprint density at radius 3 is 2.28 bits per heavy atom. The molecule has 1 amide bonds. The molecule has 0 saturated carbocycles. The van der Waals surface area contributed by atoms with Crippen LogP contribution < -0.4 is 20.1 Å². The van der Waals surface area contributed by atoms with E-state index in [1.165, 1.54) is 0 Å². The van der Waals surface area contributed by atoms with Crippen LogP contribution in [0, 0.1) is 6.92 Å². The Labute approximate surface area is 171 Å². The molecule has 5 heteroatoms. The molecule has 0 aliphatic heterocycles. The Hall–Kier alpha value is -3.47. The van der Waals surface area contributed by atoms with Gasteiger partial charge in [0.2, 0.25) is 5.91 Å². The number of methoxy groups -OCH3 is 1. The molecule has 3 aromatic rings. The molecule has 0 aliphatic carbocycles. The molecule has 0 aromatic heterocycles. The van der Waals surface area contributed by atoms with E-state index in [2.05, 4.69) is 10.6 Å². The van der Waals surface area contributed by atoms with Crippen molar-refractivity contribution in [1.82, 2.24) is 0 Å². The number of carbonyl (C=O) groups is 1. The van der Waals surface area contributed by atoms with Crippen molar-refractivity contribution in [3.63, 3.8) is 0 Å². The SMILES string of the molecule is COc1ccc(OCCNc2ccc(NC(=O)Cc3cccc(C)c3)cc2)cc1. The van der Waals surface area contributed by atoms with Gasteiger partial charge >= 0.3 is 0 Å². The second kappa shape index (κ2) is 10.2. The van der Waals surface area contributed by atoms with Crippen molar-refractivity contribution in [1.29, 1.82) is 0 Å². The highest BCUT2D eigenvalue weighted by molar-refractivity contribution is 5.92. The van der Waals surface area contributed by atoms with Crippen LogP contribution in [0.4, 0.5) is 11.4 Å². The minimum Gasteiger partial charge on any atom is -0.497 e. The van der Waals surface area contributed by atoms with Crippen LogP contribution in [-0.2, 0) is 11.2 Å². The van der Waals surface area contributed by atoms with E-state index in [1.807, 2.05) is 79.7 Å². The van der Waals surface area contributed by atoms with Crippen molar-refractivity contribution in [2.75, 3.05) is 30.9 Å². The summed E-state index contributed by atoms with van der Waals surface area (Å²) in [5.41, 5.74) is 3.92. The number of aryl methyl sites for hydroxylation is 1. The molecule has 3 aromatic carbocycles. The molecule has 0 bridgehead atoms. The van der Waals surface area contributed by atoms with Gasteiger partial charge in [0.1, 0.15) is 18.1 Å². The third-order valence-electron chi connectivity index (χ3n) is 4.38. The summed E-state index contributed by atoms with van der Waals surface area (Å²) < 4.78 is 10.8. The van der Waals surface area contributed by atoms with Crippen LogP contribution in [0.15, 0.2) is 72.8 Å². The lowest BCUT2D eigenvalue weighted by Gasteiger charge is -2.10. The largest absolute Gasteiger partial charge is 0.497 e. The molecule has 0 radical (unpaired) electrons. The van der Waals surface area contributed by atoms with E-state index < -0.39 is 0 Å². The number of anilines is 2. The van der Waals surface area contributed by atoms with Crippen LogP contribution >= 0.6 is 0 Å². The van der Waals surface area contributed by atoms with Gasteiger partial charge in [0, 0.05) is 17.9 Å². The summed E-state index contributed by atoms with van der Waals surface area (Å²) in [5.74, 6) is 1.59. The monoisotopic (exact) mass is 390 g/mol. The topological polar surface area (TPSA) is 59.6 Å². The maximum Gasteiger partial charge on any atom is 0.228 e. The number of nitrogens with one attached hydrogen (secondary N) is 2. The lowest BCUT2D eigenvalue weighted by Crippen LogP contribution is -2.14. The van der Waals surface area contributed by atoms with Crippen LogP contribution in [0.3, 0.4) is 0 Å². The zero-order valence-corrected chi connectivity index (χ0v) is 16.8. The normalized spacial score (nSPS) is 10.3. The summed E-state index contributed by atoms with van der Waals surface area (Å²) >= 11 is 0. The van der Waals surface area contributed by atoms with Crippen molar-refractivity contribution in [2.24, 2.45) is 0 Å². The average molecular weight is 390 g/mol. The first-order chi connectivity index (χ1) is 14.1. The van der Waals surface area contributed by atoms with Crippen LogP contribution in [0.25, 0.3) is 0 Å². The summed E-state index contributed by atoms with van der Waals surface area (Å²) in [7, 11) is 1.64. The number of carbonyl (C=O) groups excluding carboxylic acids is 1. The Bertz CT molecular complexity index is 922. The lowest BCUT2D eigenvalue weighted by atomic mass is 10.1. The van der Waals surface area contributed by atoms with Gasteiger partial charge < -0.3 is 20.1 Å². The van der Waals surface area contributed by atoms with Gasteiger partial charge in [-0.15, -0.1) is 0 Å². The van der Waals surface area contributed by atoms with Crippen molar-refractivity contribution in [3.05, 3.63) is 83.9 Å². The molecule has 0 aliphatic rings. The summed E-state index contributed by atoms with van der Waals surface area (Å²) in [6.45, 7) is 3.24. The van der Waals surface area contributed by atoms with Gasteiger partial charge in [0.25, 0.3) is 0 Å². The zero-order valence-electron chi connectivity index (χ0n) is 16.8. The molecule has 29 heavy (non-hydrogen) atoms. The average Bonchev–Trinajstić information content (AvgIpc) is 2.73. The quantitative estimate of drug-likeness (QED) is 0.521. The summed E-state index contributed by atoms with van der Waals surface area (Å²) in [6.07, 6.45) is 0.365. The first-order valence-electron chi connectivity index (χ1n) is 9.58. The van der Waals surface area contributed by atoms with Gasteiger partial charge in [-0.05, 0) is 61.0 Å². The van der Waals surface area contributed by atoms with Gasteiger partial charge in [-0.2, -0.15) is 0 Å². The van der Waals surface area contributed by atoms with E-state index in [0.717, 1.165) is 34.0 Å². The molecule has 0 fully saturated rings. The fourth-order valence-corrected chi connectivity index (χ4v) is 2.92. The number of ether oxygens (including phenoxy) is 2. The highest BCUT2D eigenvalue weighted by Gasteiger charge is 2.04. The van der Waals surface area contributed by atoms with Gasteiger partial charge in [0.15, 0.2) is 0 Å². The van der Waals surface area contributed by atoms with Gasteiger partial charge in [-0.25, -0.2) is 0 Å². The Kier molecular flexibility index (Phi) is 7.11. The van der Waals surface area contributed by atoms with Crippen molar-refractivity contribution < 1.29 is 14.3 Å². The van der Waals surface area contributed by atoms with E-state index in [-0.39, 0.29) is 5.91 Å².